The predicted octanol–water partition coefficient (Wildman–Crippen LogP) is 6.19. The van der Waals surface area contributed by atoms with E-state index >= 15 is 0 Å². The number of thiazole rings is 1. The Labute approximate surface area is 200 Å². The number of anilines is 1. The summed E-state index contributed by atoms with van der Waals surface area (Å²) in [4.78, 5) is 23.2. The van der Waals surface area contributed by atoms with Crippen LogP contribution in [-0.2, 0) is 4.79 Å². The molecular formula is C24H32ClN3OS2. The molecule has 0 bridgehead atoms. The zero-order valence-corrected chi connectivity index (χ0v) is 21.2. The smallest absolute Gasteiger partial charge is 0.228 e. The van der Waals surface area contributed by atoms with Crippen LogP contribution < -0.4 is 4.90 Å². The number of halogens is 1. The van der Waals surface area contributed by atoms with Gasteiger partial charge in [-0.05, 0) is 88.5 Å². The van der Waals surface area contributed by atoms with E-state index in [0.717, 1.165) is 40.5 Å². The highest BCUT2D eigenvalue weighted by Crippen LogP contribution is 2.31. The molecular weight excluding hydrogens is 446 g/mol. The Bertz CT molecular complexity index is 937. The van der Waals surface area contributed by atoms with Gasteiger partial charge in [0.25, 0.3) is 0 Å². The maximum Gasteiger partial charge on any atom is 0.228 e. The topological polar surface area (TPSA) is 36.4 Å². The van der Waals surface area contributed by atoms with Crippen LogP contribution in [-0.4, -0.2) is 48.7 Å². The summed E-state index contributed by atoms with van der Waals surface area (Å²) in [5.74, 6) is 1.12. The van der Waals surface area contributed by atoms with Crippen molar-refractivity contribution in [2.75, 3.05) is 37.8 Å². The van der Waals surface area contributed by atoms with Gasteiger partial charge in [0.05, 0.1) is 10.2 Å². The first-order valence-electron chi connectivity index (χ1n) is 10.4. The molecule has 0 aliphatic carbocycles. The van der Waals surface area contributed by atoms with E-state index in [1.807, 2.05) is 22.7 Å². The average Bonchev–Trinajstić information content (AvgIpc) is 3.11. The highest BCUT2D eigenvalue weighted by molar-refractivity contribution is 7.99. The van der Waals surface area contributed by atoms with Crippen molar-refractivity contribution in [2.24, 2.45) is 0 Å². The number of carbonyl (C=O) groups is 1. The van der Waals surface area contributed by atoms with Gasteiger partial charge in [-0.15, -0.1) is 24.2 Å². The highest BCUT2D eigenvalue weighted by atomic mass is 35.5. The molecule has 0 aliphatic rings. The Morgan fingerprint density at radius 2 is 1.74 bits per heavy atom. The number of amides is 1. The molecule has 168 valence electrons. The molecule has 3 aromatic rings. The van der Waals surface area contributed by atoms with E-state index in [9.17, 15) is 4.79 Å². The number of fused-ring (bicyclic) bond motifs is 1. The van der Waals surface area contributed by atoms with Crippen molar-refractivity contribution in [3.63, 3.8) is 0 Å². The van der Waals surface area contributed by atoms with Gasteiger partial charge in [0.15, 0.2) is 5.13 Å². The normalized spacial score (nSPS) is 11.0. The molecule has 0 N–H and O–H groups in total. The van der Waals surface area contributed by atoms with E-state index in [0.29, 0.717) is 13.0 Å². The molecule has 3 rings (SSSR count). The van der Waals surface area contributed by atoms with Crippen LogP contribution in [0.1, 0.15) is 30.4 Å². The number of aryl methyl sites for hydroxylation is 2. The Balaban J connectivity index is 0.00000341. The van der Waals surface area contributed by atoms with Crippen LogP contribution in [0.5, 0.6) is 0 Å². The fourth-order valence-electron chi connectivity index (χ4n) is 3.22. The van der Waals surface area contributed by atoms with E-state index in [-0.39, 0.29) is 18.3 Å². The molecule has 0 atom stereocenters. The third-order valence-corrected chi connectivity index (χ3v) is 7.20. The van der Waals surface area contributed by atoms with Crippen LogP contribution in [0.25, 0.3) is 10.2 Å². The first-order chi connectivity index (χ1) is 14.4. The highest BCUT2D eigenvalue weighted by Gasteiger charge is 2.19. The molecule has 0 spiro atoms. The van der Waals surface area contributed by atoms with Crippen LogP contribution in [0.3, 0.4) is 0 Å². The van der Waals surface area contributed by atoms with Crippen molar-refractivity contribution in [3.05, 3.63) is 53.6 Å². The maximum atomic E-state index is 13.1. The molecule has 0 radical (unpaired) electrons. The van der Waals surface area contributed by atoms with E-state index in [4.69, 9.17) is 4.98 Å². The maximum absolute atomic E-state index is 13.1. The minimum absolute atomic E-state index is 0. The van der Waals surface area contributed by atoms with E-state index in [1.54, 1.807) is 11.3 Å². The Kier molecular flexibility index (Phi) is 10.3. The quantitative estimate of drug-likeness (QED) is 0.257. The van der Waals surface area contributed by atoms with Crippen molar-refractivity contribution in [1.29, 1.82) is 0 Å². The van der Waals surface area contributed by atoms with Crippen LogP contribution in [0.15, 0.2) is 47.4 Å². The molecule has 1 amide bonds. The van der Waals surface area contributed by atoms with Gasteiger partial charge >= 0.3 is 0 Å². The fourth-order valence-corrected chi connectivity index (χ4v) is 5.18. The Hall–Kier alpha value is -1.60. The van der Waals surface area contributed by atoms with Gasteiger partial charge in [0, 0.05) is 17.9 Å². The van der Waals surface area contributed by atoms with Crippen molar-refractivity contribution in [3.8, 4) is 0 Å². The lowest BCUT2D eigenvalue weighted by Gasteiger charge is -2.21. The molecule has 2 aromatic carbocycles. The number of rotatable bonds is 10. The third-order valence-electron chi connectivity index (χ3n) is 5.06. The van der Waals surface area contributed by atoms with Gasteiger partial charge in [0.1, 0.15) is 0 Å². The standard InChI is InChI=1S/C24H31N3OS2.ClH/c1-18-16-21-22(17-19(18)2)30-24(25-21)27(14-9-13-26(3)4)23(28)12-8-15-29-20-10-6-5-7-11-20;/h5-7,10-11,16-17H,8-9,12-15H2,1-4H3;1H. The summed E-state index contributed by atoms with van der Waals surface area (Å²) in [7, 11) is 4.13. The average molecular weight is 478 g/mol. The Morgan fingerprint density at radius 3 is 2.45 bits per heavy atom. The summed E-state index contributed by atoms with van der Waals surface area (Å²) in [5, 5.41) is 0.828. The lowest BCUT2D eigenvalue weighted by molar-refractivity contribution is -0.118. The first-order valence-corrected chi connectivity index (χ1v) is 12.2. The number of benzene rings is 2. The monoisotopic (exact) mass is 477 g/mol. The molecule has 0 aliphatic heterocycles. The molecule has 7 heteroatoms. The lowest BCUT2D eigenvalue weighted by Crippen LogP contribution is -2.33. The summed E-state index contributed by atoms with van der Waals surface area (Å²) < 4.78 is 1.15. The summed E-state index contributed by atoms with van der Waals surface area (Å²) >= 11 is 3.43. The van der Waals surface area contributed by atoms with Crippen LogP contribution >= 0.6 is 35.5 Å². The molecule has 0 saturated carbocycles. The van der Waals surface area contributed by atoms with Gasteiger partial charge in [-0.3, -0.25) is 9.69 Å². The predicted molar refractivity (Wildman–Crippen MR) is 138 cm³/mol. The number of carbonyl (C=O) groups excluding carboxylic acids is 1. The van der Waals surface area contributed by atoms with E-state index in [1.165, 1.54) is 16.0 Å². The van der Waals surface area contributed by atoms with Crippen LogP contribution in [0, 0.1) is 13.8 Å². The van der Waals surface area contributed by atoms with Crippen molar-refractivity contribution >= 4 is 56.8 Å². The fraction of sp³-hybridized carbons (Fsp3) is 0.417. The number of thioether (sulfide) groups is 1. The molecule has 0 unspecified atom stereocenters. The number of aromatic nitrogens is 1. The lowest BCUT2D eigenvalue weighted by atomic mass is 10.1. The second-order valence-electron chi connectivity index (χ2n) is 7.87. The zero-order valence-electron chi connectivity index (χ0n) is 18.8. The second-order valence-corrected chi connectivity index (χ2v) is 10.0. The zero-order chi connectivity index (χ0) is 21.5. The number of hydrogen-bond acceptors (Lipinski definition) is 5. The van der Waals surface area contributed by atoms with Gasteiger partial charge in [0.2, 0.25) is 5.91 Å². The number of hydrogen-bond donors (Lipinski definition) is 0. The minimum Gasteiger partial charge on any atom is -0.309 e. The van der Waals surface area contributed by atoms with Crippen molar-refractivity contribution in [1.82, 2.24) is 9.88 Å². The molecule has 31 heavy (non-hydrogen) atoms. The van der Waals surface area contributed by atoms with E-state index in [2.05, 4.69) is 69.2 Å². The molecule has 1 aromatic heterocycles. The summed E-state index contributed by atoms with van der Waals surface area (Å²) in [6, 6.07) is 14.7. The van der Waals surface area contributed by atoms with Gasteiger partial charge in [-0.25, -0.2) is 4.98 Å². The third kappa shape index (κ3) is 7.49. The number of nitrogens with zero attached hydrogens (tertiary/aromatic N) is 3. The van der Waals surface area contributed by atoms with Crippen molar-refractivity contribution in [2.45, 2.75) is 38.0 Å². The van der Waals surface area contributed by atoms with Gasteiger partial charge < -0.3 is 4.90 Å². The van der Waals surface area contributed by atoms with Crippen LogP contribution in [0.4, 0.5) is 5.13 Å². The largest absolute Gasteiger partial charge is 0.309 e. The van der Waals surface area contributed by atoms with Gasteiger partial charge in [-0.1, -0.05) is 29.5 Å². The minimum atomic E-state index is 0. The molecule has 4 nitrogen and oxygen atoms in total. The van der Waals surface area contributed by atoms with Crippen molar-refractivity contribution < 1.29 is 4.79 Å². The van der Waals surface area contributed by atoms with E-state index < -0.39 is 0 Å². The summed E-state index contributed by atoms with van der Waals surface area (Å²) in [6.07, 6.45) is 2.35. The van der Waals surface area contributed by atoms with Gasteiger partial charge in [-0.2, -0.15) is 0 Å². The Morgan fingerprint density at radius 1 is 1.03 bits per heavy atom. The second kappa shape index (κ2) is 12.4. The summed E-state index contributed by atoms with van der Waals surface area (Å²) in [6.45, 7) is 5.90. The summed E-state index contributed by atoms with van der Waals surface area (Å²) in [5.41, 5.74) is 3.49. The first kappa shape index (κ1) is 25.7. The SMILES string of the molecule is Cc1cc2nc(N(CCCN(C)C)C(=O)CCCSc3ccccc3)sc2cc1C.Cl. The van der Waals surface area contributed by atoms with Crippen LogP contribution in [0.2, 0.25) is 0 Å². The molecule has 0 saturated heterocycles. The molecule has 0 fully saturated rings. The molecule has 1 heterocycles.